The van der Waals surface area contributed by atoms with Gasteiger partial charge in [0.25, 0.3) is 0 Å². The van der Waals surface area contributed by atoms with Crippen molar-refractivity contribution in [1.82, 2.24) is 25.2 Å². The first kappa shape index (κ1) is 18.7. The Morgan fingerprint density at radius 2 is 2.17 bits per heavy atom. The number of nitrogens with one attached hydrogen (secondary N) is 2. The predicted octanol–water partition coefficient (Wildman–Crippen LogP) is 2.99. The molecule has 0 aliphatic rings. The van der Waals surface area contributed by atoms with Gasteiger partial charge in [0.1, 0.15) is 0 Å². The van der Waals surface area contributed by atoms with Gasteiger partial charge in [0.15, 0.2) is 16.7 Å². The van der Waals surface area contributed by atoms with Crippen LogP contribution in [0.2, 0.25) is 0 Å². The average molecular weight is 460 g/mol. The molecule has 0 spiro atoms. The largest absolute Gasteiger partial charge is 0.359 e. The van der Waals surface area contributed by atoms with E-state index in [0.717, 1.165) is 22.1 Å². The zero-order chi connectivity index (χ0) is 16.2. The summed E-state index contributed by atoms with van der Waals surface area (Å²) in [6.45, 7) is 5.33. The van der Waals surface area contributed by atoms with Crippen molar-refractivity contribution in [3.05, 3.63) is 41.0 Å². The van der Waals surface area contributed by atoms with Crippen molar-refractivity contribution in [2.45, 2.75) is 32.9 Å². The van der Waals surface area contributed by atoms with Gasteiger partial charge in [-0.15, -0.1) is 35.3 Å². The fourth-order valence-electron chi connectivity index (χ4n) is 2.11. The van der Waals surface area contributed by atoms with Crippen LogP contribution in [-0.4, -0.2) is 27.5 Å². The van der Waals surface area contributed by atoms with Gasteiger partial charge in [-0.2, -0.15) is 0 Å². The summed E-state index contributed by atoms with van der Waals surface area (Å²) in [4.78, 5) is 9.72. The van der Waals surface area contributed by atoms with E-state index in [4.69, 9.17) is 4.52 Å². The number of thiazole rings is 1. The summed E-state index contributed by atoms with van der Waals surface area (Å²) < 4.78 is 7.32. The second kappa shape index (κ2) is 8.47. The minimum absolute atomic E-state index is 0. The maximum atomic E-state index is 5.30. The molecule has 130 valence electrons. The molecule has 7 nitrogen and oxygen atoms in total. The average Bonchev–Trinajstić information content (AvgIpc) is 3.22. The molecule has 0 atom stereocenters. The van der Waals surface area contributed by atoms with Gasteiger partial charge < -0.3 is 15.2 Å². The highest BCUT2D eigenvalue weighted by atomic mass is 127. The molecule has 24 heavy (non-hydrogen) atoms. The number of guanidine groups is 1. The molecule has 0 amide bonds. The van der Waals surface area contributed by atoms with Crippen molar-refractivity contribution in [3.8, 4) is 0 Å². The van der Waals surface area contributed by atoms with E-state index in [1.807, 2.05) is 28.2 Å². The Bertz CT molecular complexity index is 777. The minimum atomic E-state index is 0. The smallest absolute Gasteiger partial charge is 0.193 e. The SMILES string of the molecule is CN=C(NCc1cn2ccsc2n1)NCc1cc(C(C)C)no1.I. The van der Waals surface area contributed by atoms with Gasteiger partial charge in [-0.1, -0.05) is 19.0 Å². The first-order valence-electron chi connectivity index (χ1n) is 7.47. The third-order valence-electron chi connectivity index (χ3n) is 3.40. The summed E-state index contributed by atoms with van der Waals surface area (Å²) in [6.07, 6.45) is 4.01. The summed E-state index contributed by atoms with van der Waals surface area (Å²) in [5, 5.41) is 12.5. The number of fused-ring (bicyclic) bond motifs is 1. The van der Waals surface area contributed by atoms with E-state index in [9.17, 15) is 0 Å². The molecule has 3 heterocycles. The van der Waals surface area contributed by atoms with Crippen LogP contribution in [0.4, 0.5) is 0 Å². The summed E-state index contributed by atoms with van der Waals surface area (Å²) in [5.74, 6) is 1.85. The van der Waals surface area contributed by atoms with E-state index in [2.05, 4.69) is 39.6 Å². The molecule has 3 aromatic heterocycles. The van der Waals surface area contributed by atoms with Crippen molar-refractivity contribution in [3.63, 3.8) is 0 Å². The van der Waals surface area contributed by atoms with E-state index in [0.29, 0.717) is 25.0 Å². The number of halogens is 1. The van der Waals surface area contributed by atoms with Crippen molar-refractivity contribution in [2.75, 3.05) is 7.05 Å². The van der Waals surface area contributed by atoms with Gasteiger partial charge in [-0.25, -0.2) is 4.98 Å². The maximum Gasteiger partial charge on any atom is 0.193 e. The van der Waals surface area contributed by atoms with Crippen LogP contribution in [-0.2, 0) is 13.1 Å². The Morgan fingerprint density at radius 3 is 2.83 bits per heavy atom. The molecule has 2 N–H and O–H groups in total. The number of nitrogens with zero attached hydrogens (tertiary/aromatic N) is 4. The first-order valence-corrected chi connectivity index (χ1v) is 8.34. The van der Waals surface area contributed by atoms with Crippen LogP contribution in [0.3, 0.4) is 0 Å². The van der Waals surface area contributed by atoms with Gasteiger partial charge in [0.2, 0.25) is 0 Å². The molecule has 0 aromatic carbocycles. The normalized spacial score (nSPS) is 11.8. The van der Waals surface area contributed by atoms with Crippen LogP contribution < -0.4 is 10.6 Å². The molecule has 3 rings (SSSR count). The molecule has 3 aromatic rings. The van der Waals surface area contributed by atoms with E-state index in [1.54, 1.807) is 18.4 Å². The lowest BCUT2D eigenvalue weighted by molar-refractivity contribution is 0.372. The molecule has 0 radical (unpaired) electrons. The molecule has 0 aliphatic heterocycles. The lowest BCUT2D eigenvalue weighted by atomic mass is 10.1. The van der Waals surface area contributed by atoms with E-state index >= 15 is 0 Å². The Labute approximate surface area is 161 Å². The van der Waals surface area contributed by atoms with Crippen LogP contribution in [0.15, 0.2) is 33.4 Å². The van der Waals surface area contributed by atoms with E-state index in [1.165, 1.54) is 0 Å². The summed E-state index contributed by atoms with van der Waals surface area (Å²) in [6, 6.07) is 1.97. The van der Waals surface area contributed by atoms with E-state index in [-0.39, 0.29) is 24.0 Å². The molecule has 0 fully saturated rings. The summed E-state index contributed by atoms with van der Waals surface area (Å²) >= 11 is 1.62. The van der Waals surface area contributed by atoms with Gasteiger partial charge >= 0.3 is 0 Å². The Balaban J connectivity index is 0.00000208. The van der Waals surface area contributed by atoms with Crippen molar-refractivity contribution in [2.24, 2.45) is 4.99 Å². The van der Waals surface area contributed by atoms with Crippen LogP contribution in [0.5, 0.6) is 0 Å². The second-order valence-corrected chi connectivity index (χ2v) is 6.35. The zero-order valence-electron chi connectivity index (χ0n) is 13.8. The highest BCUT2D eigenvalue weighted by molar-refractivity contribution is 14.0. The lowest BCUT2D eigenvalue weighted by Crippen LogP contribution is -2.36. The second-order valence-electron chi connectivity index (χ2n) is 5.48. The predicted molar refractivity (Wildman–Crippen MR) is 106 cm³/mol. The Hall–Kier alpha value is -1.62. The zero-order valence-corrected chi connectivity index (χ0v) is 17.0. The molecular weight excluding hydrogens is 439 g/mol. The monoisotopic (exact) mass is 460 g/mol. The maximum absolute atomic E-state index is 5.30. The highest BCUT2D eigenvalue weighted by Crippen LogP contribution is 2.14. The number of rotatable bonds is 5. The van der Waals surface area contributed by atoms with Crippen molar-refractivity contribution >= 4 is 46.2 Å². The number of hydrogen-bond donors (Lipinski definition) is 2. The van der Waals surface area contributed by atoms with Gasteiger partial charge in [0, 0.05) is 30.9 Å². The number of hydrogen-bond acceptors (Lipinski definition) is 5. The third kappa shape index (κ3) is 4.47. The van der Waals surface area contributed by atoms with Crippen LogP contribution in [0.1, 0.15) is 36.9 Å². The summed E-state index contributed by atoms with van der Waals surface area (Å²) in [5.41, 5.74) is 1.93. The number of aliphatic imine (C=N–C) groups is 1. The number of imidazole rings is 1. The van der Waals surface area contributed by atoms with Gasteiger partial charge in [-0.3, -0.25) is 9.39 Å². The molecule has 9 heteroatoms. The molecule has 0 saturated carbocycles. The first-order chi connectivity index (χ1) is 11.2. The molecule has 0 aliphatic carbocycles. The lowest BCUT2D eigenvalue weighted by Gasteiger charge is -2.09. The summed E-state index contributed by atoms with van der Waals surface area (Å²) in [7, 11) is 1.74. The van der Waals surface area contributed by atoms with Crippen LogP contribution in [0.25, 0.3) is 4.96 Å². The molecule has 0 saturated heterocycles. The topological polar surface area (TPSA) is 79.8 Å². The van der Waals surface area contributed by atoms with Gasteiger partial charge in [0.05, 0.1) is 24.5 Å². The molecule has 0 bridgehead atoms. The fraction of sp³-hybridized carbons (Fsp3) is 0.400. The fourth-order valence-corrected chi connectivity index (χ4v) is 2.83. The quantitative estimate of drug-likeness (QED) is 0.348. The van der Waals surface area contributed by atoms with Crippen molar-refractivity contribution in [1.29, 1.82) is 0 Å². The Kier molecular flexibility index (Phi) is 6.60. The van der Waals surface area contributed by atoms with Crippen LogP contribution in [0, 0.1) is 0 Å². The van der Waals surface area contributed by atoms with E-state index < -0.39 is 0 Å². The third-order valence-corrected chi connectivity index (χ3v) is 4.17. The molecular formula is C15H21IN6OS. The highest BCUT2D eigenvalue weighted by Gasteiger charge is 2.08. The Morgan fingerprint density at radius 1 is 1.38 bits per heavy atom. The molecule has 0 unspecified atom stereocenters. The number of aromatic nitrogens is 3. The minimum Gasteiger partial charge on any atom is -0.359 e. The van der Waals surface area contributed by atoms with Crippen molar-refractivity contribution < 1.29 is 4.52 Å². The standard InChI is InChI=1S/C15H20N6OS.HI/c1-10(2)13-6-12(22-20-13)8-18-14(16-3)17-7-11-9-21-4-5-23-15(21)19-11;/h4-6,9-10H,7-8H2,1-3H3,(H2,16,17,18);1H. The van der Waals surface area contributed by atoms with Gasteiger partial charge in [-0.05, 0) is 5.92 Å². The van der Waals surface area contributed by atoms with Crippen LogP contribution >= 0.6 is 35.3 Å².